The molecule has 1 aromatic rings. The van der Waals surface area contributed by atoms with Gasteiger partial charge in [-0.25, -0.2) is 0 Å². The molecule has 0 amide bonds. The first-order chi connectivity index (χ1) is 9.28. The van der Waals surface area contributed by atoms with Gasteiger partial charge in [-0.1, -0.05) is 6.07 Å². The Morgan fingerprint density at radius 2 is 1.89 bits per heavy atom. The lowest BCUT2D eigenvalue weighted by atomic mass is 10.2. The Kier molecular flexibility index (Phi) is 2.42. The summed E-state index contributed by atoms with van der Waals surface area (Å²) in [7, 11) is 0. The first kappa shape index (κ1) is 11.4. The average Bonchev–Trinajstić information content (AvgIpc) is 3.08. The standard InChI is InChI=1S/C15H21N2O2/c1-12-11-17(12)7-5-16(6-8-17)13-3-2-4-14-15(13)19-10-9-18-14/h2-4,12H,5-11H2,1H3/q+1/t12-/m1/s1. The average molecular weight is 261 g/mol. The van der Waals surface area contributed by atoms with Crippen LogP contribution in [0.3, 0.4) is 0 Å². The van der Waals surface area contributed by atoms with Gasteiger partial charge in [0.05, 0.1) is 31.9 Å². The maximum atomic E-state index is 5.82. The largest absolute Gasteiger partial charge is 0.486 e. The minimum absolute atomic E-state index is 0.661. The van der Waals surface area contributed by atoms with Gasteiger partial charge in [-0.05, 0) is 19.1 Å². The second-order valence-corrected chi connectivity index (χ2v) is 5.99. The topological polar surface area (TPSA) is 21.7 Å². The molecular weight excluding hydrogens is 240 g/mol. The Balaban J connectivity index is 1.57. The number of fused-ring (bicyclic) bond motifs is 1. The van der Waals surface area contributed by atoms with Gasteiger partial charge in [0, 0.05) is 0 Å². The minimum atomic E-state index is 0.661. The highest BCUT2D eigenvalue weighted by molar-refractivity contribution is 5.65. The highest BCUT2D eigenvalue weighted by atomic mass is 16.6. The van der Waals surface area contributed by atoms with E-state index in [2.05, 4.69) is 24.0 Å². The third-order valence-corrected chi connectivity index (χ3v) is 4.95. The normalized spacial score (nSPS) is 27.4. The summed E-state index contributed by atoms with van der Waals surface area (Å²) in [5.41, 5.74) is 1.21. The van der Waals surface area contributed by atoms with Crippen molar-refractivity contribution >= 4 is 5.69 Å². The lowest BCUT2D eigenvalue weighted by molar-refractivity contribution is -0.813. The number of anilines is 1. The maximum absolute atomic E-state index is 5.82. The Labute approximate surface area is 114 Å². The van der Waals surface area contributed by atoms with E-state index in [1.54, 1.807) is 0 Å². The summed E-state index contributed by atoms with van der Waals surface area (Å²) in [6, 6.07) is 7.12. The molecule has 0 saturated carbocycles. The molecule has 0 aliphatic carbocycles. The van der Waals surface area contributed by atoms with Crippen molar-refractivity contribution in [2.45, 2.75) is 13.0 Å². The van der Waals surface area contributed by atoms with Crippen LogP contribution in [-0.4, -0.2) is 56.5 Å². The third-order valence-electron chi connectivity index (χ3n) is 4.95. The zero-order valence-electron chi connectivity index (χ0n) is 11.5. The lowest BCUT2D eigenvalue weighted by Gasteiger charge is -2.36. The first-order valence-corrected chi connectivity index (χ1v) is 7.28. The third kappa shape index (κ3) is 1.77. The van der Waals surface area contributed by atoms with Crippen LogP contribution in [-0.2, 0) is 0 Å². The molecule has 2 saturated heterocycles. The zero-order chi connectivity index (χ0) is 12.9. The summed E-state index contributed by atoms with van der Waals surface area (Å²) in [6.45, 7) is 9.87. The molecule has 4 nitrogen and oxygen atoms in total. The number of rotatable bonds is 1. The van der Waals surface area contributed by atoms with Crippen molar-refractivity contribution in [1.29, 1.82) is 0 Å². The molecule has 0 aromatic heterocycles. The van der Waals surface area contributed by atoms with Gasteiger partial charge in [0.2, 0.25) is 0 Å². The predicted octanol–water partition coefficient (Wildman–Crippen LogP) is 1.50. The fourth-order valence-corrected chi connectivity index (χ4v) is 3.51. The maximum Gasteiger partial charge on any atom is 0.184 e. The van der Waals surface area contributed by atoms with Gasteiger partial charge in [0.25, 0.3) is 0 Å². The van der Waals surface area contributed by atoms with Crippen molar-refractivity contribution in [3.05, 3.63) is 18.2 Å². The fourth-order valence-electron chi connectivity index (χ4n) is 3.51. The molecule has 2 fully saturated rings. The number of benzene rings is 1. The zero-order valence-corrected chi connectivity index (χ0v) is 11.5. The van der Waals surface area contributed by atoms with Gasteiger partial charge in [-0.15, -0.1) is 0 Å². The number of quaternary nitrogens is 1. The molecule has 0 unspecified atom stereocenters. The van der Waals surface area contributed by atoms with E-state index in [1.807, 2.05) is 6.07 Å². The number of para-hydroxylation sites is 1. The van der Waals surface area contributed by atoms with Crippen molar-refractivity contribution in [1.82, 2.24) is 0 Å². The monoisotopic (exact) mass is 261 g/mol. The van der Waals surface area contributed by atoms with Crippen molar-refractivity contribution in [3.8, 4) is 11.5 Å². The molecule has 102 valence electrons. The Bertz CT molecular complexity index is 495. The summed E-state index contributed by atoms with van der Waals surface area (Å²) in [4.78, 5) is 2.46. The second kappa shape index (κ2) is 4.04. The number of ether oxygens (including phenoxy) is 2. The van der Waals surface area contributed by atoms with Crippen LogP contribution >= 0.6 is 0 Å². The molecule has 1 aromatic carbocycles. The van der Waals surface area contributed by atoms with Crippen LogP contribution in [0.5, 0.6) is 11.5 Å². The van der Waals surface area contributed by atoms with Crippen molar-refractivity contribution < 1.29 is 14.0 Å². The van der Waals surface area contributed by atoms with Crippen LogP contribution in [0.15, 0.2) is 18.2 Å². The van der Waals surface area contributed by atoms with Gasteiger partial charge >= 0.3 is 0 Å². The van der Waals surface area contributed by atoms with Crippen LogP contribution in [0.1, 0.15) is 6.92 Å². The molecule has 0 radical (unpaired) electrons. The van der Waals surface area contributed by atoms with E-state index in [-0.39, 0.29) is 0 Å². The van der Waals surface area contributed by atoms with E-state index >= 15 is 0 Å². The van der Waals surface area contributed by atoms with Crippen LogP contribution < -0.4 is 14.4 Å². The molecule has 1 atom stereocenters. The fraction of sp³-hybridized carbons (Fsp3) is 0.600. The smallest absolute Gasteiger partial charge is 0.184 e. The number of piperazine rings is 1. The minimum Gasteiger partial charge on any atom is -0.486 e. The van der Waals surface area contributed by atoms with E-state index in [0.29, 0.717) is 13.2 Å². The van der Waals surface area contributed by atoms with E-state index in [9.17, 15) is 0 Å². The summed E-state index contributed by atoms with van der Waals surface area (Å²) < 4.78 is 12.8. The number of hydrogen-bond donors (Lipinski definition) is 0. The predicted molar refractivity (Wildman–Crippen MR) is 74.0 cm³/mol. The Morgan fingerprint density at radius 1 is 1.16 bits per heavy atom. The molecule has 0 bridgehead atoms. The van der Waals surface area contributed by atoms with Crippen molar-refractivity contribution in [2.24, 2.45) is 0 Å². The van der Waals surface area contributed by atoms with Crippen LogP contribution in [0.4, 0.5) is 5.69 Å². The van der Waals surface area contributed by atoms with E-state index in [0.717, 1.165) is 30.6 Å². The molecule has 3 aliphatic heterocycles. The molecule has 0 N–H and O–H groups in total. The quantitative estimate of drug-likeness (QED) is 0.565. The SMILES string of the molecule is C[C@@H]1C[N+]12CCN(c1cccc3c1OCCO3)CC2. The van der Waals surface area contributed by atoms with Gasteiger partial charge < -0.3 is 18.9 Å². The van der Waals surface area contributed by atoms with Crippen LogP contribution in [0, 0.1) is 0 Å². The summed E-state index contributed by atoms with van der Waals surface area (Å²) in [5.74, 6) is 1.85. The molecule has 19 heavy (non-hydrogen) atoms. The van der Waals surface area contributed by atoms with Gasteiger partial charge in [-0.2, -0.15) is 0 Å². The van der Waals surface area contributed by atoms with Crippen molar-refractivity contribution in [2.75, 3.05) is 50.8 Å². The molecule has 4 rings (SSSR count). The number of hydrogen-bond acceptors (Lipinski definition) is 3. The summed E-state index contributed by atoms with van der Waals surface area (Å²) in [5, 5.41) is 0. The molecule has 3 aliphatic rings. The van der Waals surface area contributed by atoms with Gasteiger partial charge in [0.15, 0.2) is 11.5 Å². The van der Waals surface area contributed by atoms with Gasteiger partial charge in [0.1, 0.15) is 25.8 Å². The highest BCUT2D eigenvalue weighted by Crippen LogP contribution is 2.41. The Hall–Kier alpha value is -1.42. The number of nitrogens with zero attached hydrogens (tertiary/aromatic N) is 2. The highest BCUT2D eigenvalue weighted by Gasteiger charge is 2.52. The van der Waals surface area contributed by atoms with E-state index in [1.165, 1.54) is 29.8 Å². The molecule has 4 heteroatoms. The van der Waals surface area contributed by atoms with E-state index < -0.39 is 0 Å². The van der Waals surface area contributed by atoms with Crippen molar-refractivity contribution in [3.63, 3.8) is 0 Å². The molecular formula is C15H21N2O2+. The van der Waals surface area contributed by atoms with Crippen LogP contribution in [0.2, 0.25) is 0 Å². The lowest BCUT2D eigenvalue weighted by Crippen LogP contribution is -2.49. The first-order valence-electron chi connectivity index (χ1n) is 7.28. The molecule has 1 spiro atoms. The summed E-state index contributed by atoms with van der Waals surface area (Å²) >= 11 is 0. The molecule has 3 heterocycles. The Morgan fingerprint density at radius 3 is 2.63 bits per heavy atom. The van der Waals surface area contributed by atoms with Crippen LogP contribution in [0.25, 0.3) is 0 Å². The second-order valence-electron chi connectivity index (χ2n) is 5.99. The van der Waals surface area contributed by atoms with E-state index in [4.69, 9.17) is 9.47 Å². The van der Waals surface area contributed by atoms with Gasteiger partial charge in [-0.3, -0.25) is 0 Å². The summed E-state index contributed by atoms with van der Waals surface area (Å²) in [6.07, 6.45) is 0.